The van der Waals surface area contributed by atoms with E-state index in [1.165, 1.54) is 11.1 Å². The van der Waals surface area contributed by atoms with Crippen molar-refractivity contribution < 1.29 is 9.21 Å². The molecule has 5 heteroatoms. The second kappa shape index (κ2) is 8.62. The third kappa shape index (κ3) is 5.80. The van der Waals surface area contributed by atoms with Gasteiger partial charge in [-0.25, -0.2) is 0 Å². The highest BCUT2D eigenvalue weighted by molar-refractivity contribution is 5.76. The molecule has 0 aliphatic carbocycles. The van der Waals surface area contributed by atoms with Crippen LogP contribution >= 0.6 is 0 Å². The molecule has 1 aromatic heterocycles. The zero-order valence-corrected chi connectivity index (χ0v) is 15.0. The second-order valence-corrected chi connectivity index (χ2v) is 6.75. The Morgan fingerprint density at radius 2 is 1.88 bits per heavy atom. The molecule has 0 aliphatic heterocycles. The molecule has 0 aliphatic rings. The third-order valence-electron chi connectivity index (χ3n) is 3.87. The number of hydrogen-bond acceptors (Lipinski definition) is 4. The van der Waals surface area contributed by atoms with Gasteiger partial charge in [0.2, 0.25) is 17.7 Å². The first kappa shape index (κ1) is 18.2. The molecule has 5 nitrogen and oxygen atoms in total. The molecule has 1 heterocycles. The molecule has 24 heavy (non-hydrogen) atoms. The van der Waals surface area contributed by atoms with Crippen molar-refractivity contribution in [2.24, 2.45) is 5.92 Å². The van der Waals surface area contributed by atoms with Gasteiger partial charge in [-0.2, -0.15) is 0 Å². The first-order valence-corrected chi connectivity index (χ1v) is 8.59. The number of aryl methyl sites for hydroxylation is 3. The fraction of sp³-hybridized carbons (Fsp3) is 0.526. The van der Waals surface area contributed by atoms with Gasteiger partial charge in [0, 0.05) is 13.3 Å². The zero-order valence-electron chi connectivity index (χ0n) is 15.0. The molecule has 2 aromatic rings. The van der Waals surface area contributed by atoms with Crippen LogP contribution in [-0.4, -0.2) is 16.1 Å². The van der Waals surface area contributed by atoms with Crippen molar-refractivity contribution in [1.82, 2.24) is 15.5 Å². The van der Waals surface area contributed by atoms with Gasteiger partial charge in [-0.05, 0) is 37.7 Å². The van der Waals surface area contributed by atoms with Gasteiger partial charge in [-0.3, -0.25) is 4.79 Å². The number of benzene rings is 1. The molecule has 1 amide bonds. The molecule has 2 rings (SSSR count). The summed E-state index contributed by atoms with van der Waals surface area (Å²) in [6, 6.07) is 8.24. The second-order valence-electron chi connectivity index (χ2n) is 6.75. The van der Waals surface area contributed by atoms with Gasteiger partial charge in [-0.1, -0.05) is 43.7 Å². The van der Waals surface area contributed by atoms with Gasteiger partial charge in [0.05, 0.1) is 0 Å². The highest BCUT2D eigenvalue weighted by Crippen LogP contribution is 2.20. The van der Waals surface area contributed by atoms with E-state index < -0.39 is 0 Å². The number of amides is 1. The summed E-state index contributed by atoms with van der Waals surface area (Å²) in [5, 5.41) is 11.0. The maximum atomic E-state index is 12.3. The Bertz CT molecular complexity index is 647. The Morgan fingerprint density at radius 3 is 2.46 bits per heavy atom. The molecule has 1 atom stereocenters. The summed E-state index contributed by atoms with van der Waals surface area (Å²) in [5.41, 5.74) is 2.52. The average Bonchev–Trinajstić information content (AvgIpc) is 2.95. The fourth-order valence-corrected chi connectivity index (χ4v) is 2.62. The van der Waals surface area contributed by atoms with Crippen LogP contribution in [0.5, 0.6) is 0 Å². The number of carbonyl (C=O) groups excluding carboxylic acids is 1. The summed E-state index contributed by atoms with van der Waals surface area (Å²) in [7, 11) is 0. The van der Waals surface area contributed by atoms with Crippen LogP contribution in [0.1, 0.15) is 62.1 Å². The van der Waals surface area contributed by atoms with Gasteiger partial charge in [0.1, 0.15) is 6.04 Å². The number of hydrogen-bond donors (Lipinski definition) is 1. The normalized spacial score (nSPS) is 12.4. The van der Waals surface area contributed by atoms with Crippen molar-refractivity contribution in [3.63, 3.8) is 0 Å². The Morgan fingerprint density at radius 1 is 1.17 bits per heavy atom. The van der Waals surface area contributed by atoms with Crippen LogP contribution in [0.15, 0.2) is 28.7 Å². The smallest absolute Gasteiger partial charge is 0.238 e. The minimum Gasteiger partial charge on any atom is -0.423 e. The van der Waals surface area contributed by atoms with E-state index in [9.17, 15) is 4.79 Å². The molecule has 1 aromatic carbocycles. The topological polar surface area (TPSA) is 68.0 Å². The number of carbonyl (C=O) groups is 1. The van der Waals surface area contributed by atoms with Crippen LogP contribution in [0.3, 0.4) is 0 Å². The van der Waals surface area contributed by atoms with Gasteiger partial charge >= 0.3 is 0 Å². The minimum absolute atomic E-state index is 0.0311. The van der Waals surface area contributed by atoms with Crippen LogP contribution < -0.4 is 5.32 Å². The Labute approximate surface area is 143 Å². The molecule has 0 saturated carbocycles. The van der Waals surface area contributed by atoms with Crippen molar-refractivity contribution in [3.8, 4) is 0 Å². The van der Waals surface area contributed by atoms with E-state index in [1.54, 1.807) is 6.92 Å². The molecular formula is C19H27N3O2. The predicted octanol–water partition coefficient (Wildman–Crippen LogP) is 3.91. The van der Waals surface area contributed by atoms with Crippen LogP contribution in [0.2, 0.25) is 0 Å². The van der Waals surface area contributed by atoms with E-state index in [1.807, 2.05) is 0 Å². The van der Waals surface area contributed by atoms with E-state index >= 15 is 0 Å². The lowest BCUT2D eigenvalue weighted by molar-refractivity contribution is -0.122. The van der Waals surface area contributed by atoms with Gasteiger partial charge in [0.15, 0.2) is 0 Å². The first-order valence-electron chi connectivity index (χ1n) is 8.59. The van der Waals surface area contributed by atoms with Crippen molar-refractivity contribution in [2.75, 3.05) is 0 Å². The Hall–Kier alpha value is -2.17. The predicted molar refractivity (Wildman–Crippen MR) is 93.5 cm³/mol. The van der Waals surface area contributed by atoms with Gasteiger partial charge < -0.3 is 9.73 Å². The SMILES string of the molecule is Cc1ccc(CCCC(=O)NC(CC(C)C)c2nnc(C)o2)cc1. The number of nitrogens with zero attached hydrogens (tertiary/aromatic N) is 2. The summed E-state index contributed by atoms with van der Waals surface area (Å²) in [5.74, 6) is 1.47. The summed E-state index contributed by atoms with van der Waals surface area (Å²) in [6.45, 7) is 8.05. The van der Waals surface area contributed by atoms with Crippen LogP contribution in [0.4, 0.5) is 0 Å². The fourth-order valence-electron chi connectivity index (χ4n) is 2.62. The molecule has 1 unspecified atom stereocenters. The van der Waals surface area contributed by atoms with E-state index in [0.29, 0.717) is 24.1 Å². The van der Waals surface area contributed by atoms with Crippen molar-refractivity contribution in [2.45, 2.75) is 59.4 Å². The summed E-state index contributed by atoms with van der Waals surface area (Å²) >= 11 is 0. The van der Waals surface area contributed by atoms with Gasteiger partial charge in [0.25, 0.3) is 0 Å². The van der Waals surface area contributed by atoms with Gasteiger partial charge in [-0.15, -0.1) is 10.2 Å². The molecular weight excluding hydrogens is 302 g/mol. The standard InChI is InChI=1S/C19H27N3O2/c1-13(2)12-17(19-22-21-15(4)24-19)20-18(23)7-5-6-16-10-8-14(3)9-11-16/h8-11,13,17H,5-7,12H2,1-4H3,(H,20,23). The lowest BCUT2D eigenvalue weighted by atomic mass is 10.0. The lowest BCUT2D eigenvalue weighted by Crippen LogP contribution is -2.29. The summed E-state index contributed by atoms with van der Waals surface area (Å²) < 4.78 is 5.50. The number of rotatable bonds is 8. The molecule has 0 fully saturated rings. The van der Waals surface area contributed by atoms with Crippen LogP contribution in [0, 0.1) is 19.8 Å². The van der Waals surface area contributed by atoms with Crippen LogP contribution in [0.25, 0.3) is 0 Å². The summed E-state index contributed by atoms with van der Waals surface area (Å²) in [6.07, 6.45) is 3.01. The van der Waals surface area contributed by atoms with E-state index in [4.69, 9.17) is 4.42 Å². The molecule has 0 bridgehead atoms. The maximum Gasteiger partial charge on any atom is 0.238 e. The lowest BCUT2D eigenvalue weighted by Gasteiger charge is -2.17. The van der Waals surface area contributed by atoms with E-state index in [-0.39, 0.29) is 11.9 Å². The molecule has 0 spiro atoms. The van der Waals surface area contributed by atoms with Crippen LogP contribution in [-0.2, 0) is 11.2 Å². The monoisotopic (exact) mass is 329 g/mol. The molecule has 1 N–H and O–H groups in total. The first-order chi connectivity index (χ1) is 11.4. The molecule has 0 radical (unpaired) electrons. The largest absolute Gasteiger partial charge is 0.423 e. The zero-order chi connectivity index (χ0) is 17.5. The minimum atomic E-state index is -0.210. The number of aromatic nitrogens is 2. The molecule has 130 valence electrons. The highest BCUT2D eigenvalue weighted by atomic mass is 16.4. The van der Waals surface area contributed by atoms with Crippen molar-refractivity contribution >= 4 is 5.91 Å². The molecule has 0 saturated heterocycles. The van der Waals surface area contributed by atoms with Crippen molar-refractivity contribution in [3.05, 3.63) is 47.2 Å². The van der Waals surface area contributed by atoms with E-state index in [0.717, 1.165) is 19.3 Å². The Balaban J connectivity index is 1.84. The Kier molecular flexibility index (Phi) is 6.53. The number of nitrogens with one attached hydrogen (secondary N) is 1. The average molecular weight is 329 g/mol. The quantitative estimate of drug-likeness (QED) is 0.797. The van der Waals surface area contributed by atoms with E-state index in [2.05, 4.69) is 60.6 Å². The summed E-state index contributed by atoms with van der Waals surface area (Å²) in [4.78, 5) is 12.3. The third-order valence-corrected chi connectivity index (χ3v) is 3.87. The van der Waals surface area contributed by atoms with Crippen molar-refractivity contribution in [1.29, 1.82) is 0 Å². The maximum absolute atomic E-state index is 12.3. The highest BCUT2D eigenvalue weighted by Gasteiger charge is 2.21.